The van der Waals surface area contributed by atoms with Crippen molar-refractivity contribution in [2.75, 3.05) is 47.8 Å². The number of benzene rings is 3. The lowest BCUT2D eigenvalue weighted by atomic mass is 9.88. The monoisotopic (exact) mass is 579 g/mol. The highest BCUT2D eigenvalue weighted by atomic mass is 32.2. The molecule has 8 nitrogen and oxygen atoms in total. The van der Waals surface area contributed by atoms with Crippen LogP contribution in [0.3, 0.4) is 0 Å². The summed E-state index contributed by atoms with van der Waals surface area (Å²) in [5, 5.41) is 5.60. The molecule has 1 heterocycles. The SMILES string of the molecule is CCCCNC(=O)Nc1ccc(N2CCN(c3ccccc3F)CC2)c(S(=O)(=O)NC2CCCc3ccccc32)c1. The number of para-hydroxylation sites is 1. The number of aryl methyl sites for hydroxylation is 1. The van der Waals surface area contributed by atoms with Gasteiger partial charge in [0.25, 0.3) is 0 Å². The number of carbonyl (C=O) groups is 1. The van der Waals surface area contributed by atoms with Gasteiger partial charge in [-0.1, -0.05) is 49.7 Å². The number of hydrogen-bond acceptors (Lipinski definition) is 5. The summed E-state index contributed by atoms with van der Waals surface area (Å²) in [5.74, 6) is -0.270. The molecule has 3 N–H and O–H groups in total. The first kappa shape index (κ1) is 28.9. The highest BCUT2D eigenvalue weighted by molar-refractivity contribution is 7.89. The number of carbonyl (C=O) groups excluding carboxylic acids is 1. The number of piperazine rings is 1. The van der Waals surface area contributed by atoms with Gasteiger partial charge in [0, 0.05) is 44.5 Å². The van der Waals surface area contributed by atoms with Gasteiger partial charge in [0.1, 0.15) is 10.7 Å². The molecule has 1 atom stereocenters. The maximum absolute atomic E-state index is 14.4. The van der Waals surface area contributed by atoms with E-state index in [-0.39, 0.29) is 22.8 Å². The van der Waals surface area contributed by atoms with Gasteiger partial charge in [-0.15, -0.1) is 0 Å². The molecule has 5 rings (SSSR count). The van der Waals surface area contributed by atoms with Crippen molar-refractivity contribution in [2.45, 2.75) is 50.0 Å². The second-order valence-electron chi connectivity index (χ2n) is 10.6. The van der Waals surface area contributed by atoms with Crippen molar-refractivity contribution in [3.63, 3.8) is 0 Å². The van der Waals surface area contributed by atoms with Gasteiger partial charge in [-0.2, -0.15) is 0 Å². The van der Waals surface area contributed by atoms with E-state index in [2.05, 4.69) is 21.4 Å². The van der Waals surface area contributed by atoms with Crippen LogP contribution in [-0.4, -0.2) is 47.2 Å². The number of anilines is 3. The summed E-state index contributed by atoms with van der Waals surface area (Å²) >= 11 is 0. The van der Waals surface area contributed by atoms with E-state index >= 15 is 0 Å². The lowest BCUT2D eigenvalue weighted by Crippen LogP contribution is -2.47. The van der Waals surface area contributed by atoms with Gasteiger partial charge in [-0.3, -0.25) is 0 Å². The fourth-order valence-electron chi connectivity index (χ4n) is 5.65. The van der Waals surface area contributed by atoms with Crippen LogP contribution in [0.5, 0.6) is 0 Å². The van der Waals surface area contributed by atoms with Gasteiger partial charge in [-0.05, 0) is 67.1 Å². The van der Waals surface area contributed by atoms with E-state index in [9.17, 15) is 17.6 Å². The van der Waals surface area contributed by atoms with Crippen molar-refractivity contribution in [3.05, 3.63) is 83.7 Å². The quantitative estimate of drug-likeness (QED) is 0.294. The van der Waals surface area contributed by atoms with Crippen molar-refractivity contribution in [2.24, 2.45) is 0 Å². The third kappa shape index (κ3) is 6.82. The smallest absolute Gasteiger partial charge is 0.319 e. The summed E-state index contributed by atoms with van der Waals surface area (Å²) in [6.45, 7) is 4.72. The number of nitrogens with one attached hydrogen (secondary N) is 3. The molecule has 1 aliphatic heterocycles. The minimum atomic E-state index is -3.97. The van der Waals surface area contributed by atoms with Crippen LogP contribution in [0.25, 0.3) is 0 Å². The molecule has 1 saturated heterocycles. The van der Waals surface area contributed by atoms with Crippen molar-refractivity contribution in [3.8, 4) is 0 Å². The standard InChI is InChI=1S/C31H38FN5O3S/c1-2-3-17-33-31(38)34-24-15-16-29(37-20-18-36(19-21-37)28-14-7-6-12-26(28)32)30(22-24)41(39,40)35-27-13-8-10-23-9-4-5-11-25(23)27/h4-7,9,11-12,14-16,22,27,35H,2-3,8,10,13,17-21H2,1H3,(H2,33,34,38). The van der Waals surface area contributed by atoms with Gasteiger partial charge in [0.15, 0.2) is 0 Å². The fraction of sp³-hybridized carbons (Fsp3) is 0.387. The normalized spacial score (nSPS) is 17.2. The van der Waals surface area contributed by atoms with Crippen LogP contribution in [0.1, 0.15) is 49.8 Å². The lowest BCUT2D eigenvalue weighted by Gasteiger charge is -2.38. The Balaban J connectivity index is 1.41. The molecule has 0 aromatic heterocycles. The molecule has 2 amide bonds. The average Bonchev–Trinajstić information content (AvgIpc) is 2.98. The lowest BCUT2D eigenvalue weighted by molar-refractivity contribution is 0.252. The summed E-state index contributed by atoms with van der Waals surface area (Å²) < 4.78 is 45.4. The Hall–Kier alpha value is -3.63. The Kier molecular flexibility index (Phi) is 9.09. The molecule has 0 saturated carbocycles. The maximum Gasteiger partial charge on any atom is 0.319 e. The number of halogens is 1. The van der Waals surface area contributed by atoms with Gasteiger partial charge in [-0.25, -0.2) is 22.3 Å². The van der Waals surface area contributed by atoms with E-state index in [1.165, 1.54) is 12.1 Å². The Bertz CT molecular complexity index is 1470. The van der Waals surface area contributed by atoms with E-state index < -0.39 is 10.0 Å². The van der Waals surface area contributed by atoms with Crippen LogP contribution in [0.4, 0.5) is 26.2 Å². The van der Waals surface area contributed by atoms with Crippen molar-refractivity contribution < 1.29 is 17.6 Å². The number of urea groups is 1. The zero-order valence-corrected chi connectivity index (χ0v) is 24.2. The second-order valence-corrected chi connectivity index (χ2v) is 12.3. The molecule has 0 radical (unpaired) electrons. The number of amides is 2. The van der Waals surface area contributed by atoms with Crippen LogP contribution in [0, 0.1) is 5.82 Å². The number of nitrogens with zero attached hydrogens (tertiary/aromatic N) is 2. The minimum Gasteiger partial charge on any atom is -0.367 e. The number of hydrogen-bond donors (Lipinski definition) is 3. The van der Waals surface area contributed by atoms with Gasteiger partial charge < -0.3 is 20.4 Å². The molecule has 2 aliphatic rings. The number of fused-ring (bicyclic) bond motifs is 1. The van der Waals surface area contributed by atoms with Crippen molar-refractivity contribution in [1.82, 2.24) is 10.0 Å². The van der Waals surface area contributed by atoms with Crippen LogP contribution in [0.15, 0.2) is 71.6 Å². The second kappa shape index (κ2) is 12.9. The summed E-state index contributed by atoms with van der Waals surface area (Å²) in [6.07, 6.45) is 4.35. The van der Waals surface area contributed by atoms with Gasteiger partial charge >= 0.3 is 6.03 Å². The molecular formula is C31H38FN5O3S. The Morgan fingerprint density at radius 1 is 0.951 bits per heavy atom. The number of rotatable bonds is 9. The average molecular weight is 580 g/mol. The minimum absolute atomic E-state index is 0.117. The fourth-order valence-corrected chi connectivity index (χ4v) is 7.15. The number of unbranched alkanes of at least 4 members (excludes halogenated alkanes) is 1. The predicted molar refractivity (Wildman–Crippen MR) is 162 cm³/mol. The summed E-state index contributed by atoms with van der Waals surface area (Å²) in [7, 11) is -3.97. The van der Waals surface area contributed by atoms with Crippen molar-refractivity contribution >= 4 is 33.1 Å². The highest BCUT2D eigenvalue weighted by Crippen LogP contribution is 2.34. The van der Waals surface area contributed by atoms with E-state index in [4.69, 9.17) is 0 Å². The first-order chi connectivity index (χ1) is 19.9. The zero-order valence-electron chi connectivity index (χ0n) is 23.4. The first-order valence-electron chi connectivity index (χ1n) is 14.4. The van der Waals surface area contributed by atoms with Crippen LogP contribution >= 0.6 is 0 Å². The van der Waals surface area contributed by atoms with Gasteiger partial charge in [0.05, 0.1) is 11.4 Å². The van der Waals surface area contributed by atoms with E-state index in [1.807, 2.05) is 41.0 Å². The Morgan fingerprint density at radius 2 is 1.66 bits per heavy atom. The molecule has 41 heavy (non-hydrogen) atoms. The molecule has 3 aromatic rings. The van der Waals surface area contributed by atoms with Crippen LogP contribution in [-0.2, 0) is 16.4 Å². The molecule has 3 aromatic carbocycles. The highest BCUT2D eigenvalue weighted by Gasteiger charge is 2.30. The predicted octanol–water partition coefficient (Wildman–Crippen LogP) is 5.43. The van der Waals surface area contributed by atoms with E-state index in [1.54, 1.807) is 24.3 Å². The largest absolute Gasteiger partial charge is 0.367 e. The molecule has 218 valence electrons. The third-order valence-corrected chi connectivity index (χ3v) is 9.30. The van der Waals surface area contributed by atoms with E-state index in [0.717, 1.165) is 36.8 Å². The summed E-state index contributed by atoms with van der Waals surface area (Å²) in [6, 6.07) is 19.0. The molecule has 0 spiro atoms. The summed E-state index contributed by atoms with van der Waals surface area (Å²) in [4.78, 5) is 16.6. The molecule has 1 aliphatic carbocycles. The van der Waals surface area contributed by atoms with Crippen LogP contribution < -0.4 is 25.2 Å². The molecule has 1 unspecified atom stereocenters. The first-order valence-corrected chi connectivity index (χ1v) is 15.9. The molecule has 10 heteroatoms. The zero-order chi connectivity index (χ0) is 28.8. The molecule has 0 bridgehead atoms. The Labute approximate surface area is 242 Å². The Morgan fingerprint density at radius 3 is 2.41 bits per heavy atom. The van der Waals surface area contributed by atoms with Crippen molar-refractivity contribution in [1.29, 1.82) is 0 Å². The maximum atomic E-state index is 14.4. The van der Waals surface area contributed by atoms with Crippen LogP contribution in [0.2, 0.25) is 0 Å². The third-order valence-electron chi connectivity index (χ3n) is 7.80. The van der Waals surface area contributed by atoms with E-state index in [0.29, 0.717) is 56.2 Å². The van der Waals surface area contributed by atoms with Gasteiger partial charge in [0.2, 0.25) is 10.0 Å². The molecule has 1 fully saturated rings. The summed E-state index contributed by atoms with van der Waals surface area (Å²) in [5.41, 5.74) is 3.68. The topological polar surface area (TPSA) is 93.8 Å². The molecular weight excluding hydrogens is 541 g/mol. The number of sulfonamides is 1.